The number of phenolic OH excluding ortho intramolecular Hbond substituents is 1. The molecule has 0 radical (unpaired) electrons. The molecule has 7 heteroatoms. The van der Waals surface area contributed by atoms with Gasteiger partial charge >= 0.3 is 0 Å². The maximum atomic E-state index is 10.6. The summed E-state index contributed by atoms with van der Waals surface area (Å²) in [5.74, 6) is -0.0762. The highest BCUT2D eigenvalue weighted by Crippen LogP contribution is 2.34. The molecule has 0 saturated heterocycles. The van der Waals surface area contributed by atoms with E-state index in [1.165, 1.54) is 30.3 Å². The number of non-ortho nitro benzene ring substituents is 1. The Bertz CT molecular complexity index is 788. The van der Waals surface area contributed by atoms with Crippen LogP contribution in [0.25, 0.3) is 11.6 Å². The Morgan fingerprint density at radius 3 is 2.50 bits per heavy atom. The van der Waals surface area contributed by atoms with Crippen LogP contribution in [0.1, 0.15) is 11.1 Å². The first-order valence-electron chi connectivity index (χ1n) is 5.97. The average Bonchev–Trinajstić information content (AvgIpc) is 2.50. The van der Waals surface area contributed by atoms with Gasteiger partial charge in [0.05, 0.1) is 26.1 Å². The Morgan fingerprint density at radius 1 is 1.36 bits per heavy atom. The Labute approximate surface area is 139 Å². The second-order valence-electron chi connectivity index (χ2n) is 4.31. The number of aromatic hydroxyl groups is 1. The quantitative estimate of drug-likeness (QED) is 0.360. The number of rotatable bonds is 3. The Kier molecular flexibility index (Phi) is 4.81. The summed E-state index contributed by atoms with van der Waals surface area (Å²) in [7, 11) is 0. The van der Waals surface area contributed by atoms with E-state index in [0.29, 0.717) is 21.2 Å². The highest BCUT2D eigenvalue weighted by molar-refractivity contribution is 9.10. The summed E-state index contributed by atoms with van der Waals surface area (Å²) in [6, 6.07) is 10.8. The van der Waals surface area contributed by atoms with E-state index in [4.69, 9.17) is 11.6 Å². The number of allylic oxidation sites excluding steroid dienone is 1. The smallest absolute Gasteiger partial charge is 0.269 e. The monoisotopic (exact) mass is 378 g/mol. The average molecular weight is 380 g/mol. The van der Waals surface area contributed by atoms with Crippen LogP contribution < -0.4 is 0 Å². The Balaban J connectivity index is 2.44. The van der Waals surface area contributed by atoms with Crippen LogP contribution >= 0.6 is 27.5 Å². The van der Waals surface area contributed by atoms with E-state index < -0.39 is 4.92 Å². The third-order valence-corrected chi connectivity index (χ3v) is 3.75. The molecule has 2 rings (SSSR count). The molecule has 2 aromatic rings. The van der Waals surface area contributed by atoms with Crippen molar-refractivity contribution in [3.63, 3.8) is 0 Å². The van der Waals surface area contributed by atoms with Crippen LogP contribution in [0.3, 0.4) is 0 Å². The first kappa shape index (κ1) is 16.0. The minimum Gasteiger partial charge on any atom is -0.505 e. The molecular formula is C15H8BrClN2O3. The first-order valence-corrected chi connectivity index (χ1v) is 7.14. The molecule has 5 nitrogen and oxygen atoms in total. The van der Waals surface area contributed by atoms with Crippen molar-refractivity contribution in [3.05, 3.63) is 67.1 Å². The number of hydrogen-bond acceptors (Lipinski definition) is 4. The Hall–Kier alpha value is -2.36. The van der Waals surface area contributed by atoms with Crippen LogP contribution in [0.5, 0.6) is 5.75 Å². The van der Waals surface area contributed by atoms with Gasteiger partial charge in [0.2, 0.25) is 0 Å². The summed E-state index contributed by atoms with van der Waals surface area (Å²) < 4.78 is 0.409. The fourth-order valence-electron chi connectivity index (χ4n) is 1.78. The zero-order chi connectivity index (χ0) is 16.3. The number of nitro benzene ring substituents is 1. The van der Waals surface area contributed by atoms with Crippen molar-refractivity contribution in [1.82, 2.24) is 0 Å². The molecule has 0 heterocycles. The van der Waals surface area contributed by atoms with Crippen LogP contribution in [0.4, 0.5) is 5.69 Å². The number of phenols is 1. The second-order valence-corrected chi connectivity index (χ2v) is 5.57. The van der Waals surface area contributed by atoms with Gasteiger partial charge in [-0.15, -0.1) is 0 Å². The van der Waals surface area contributed by atoms with Gasteiger partial charge in [0, 0.05) is 12.1 Å². The van der Waals surface area contributed by atoms with E-state index in [2.05, 4.69) is 15.9 Å². The maximum Gasteiger partial charge on any atom is 0.269 e. The predicted octanol–water partition coefficient (Wildman–Crippen LogP) is 4.78. The number of nitro groups is 1. The van der Waals surface area contributed by atoms with Crippen molar-refractivity contribution in [2.75, 3.05) is 0 Å². The number of nitriles is 1. The van der Waals surface area contributed by atoms with E-state index in [0.717, 1.165) is 0 Å². The lowest BCUT2D eigenvalue weighted by molar-refractivity contribution is -0.384. The zero-order valence-corrected chi connectivity index (χ0v) is 13.3. The largest absolute Gasteiger partial charge is 0.505 e. The van der Waals surface area contributed by atoms with Crippen LogP contribution in [-0.4, -0.2) is 10.0 Å². The SMILES string of the molecule is N#C/C(=C/c1cc(Cl)c(O)c(Br)c1)c1ccc([N+](=O)[O-])cc1. The lowest BCUT2D eigenvalue weighted by Crippen LogP contribution is -1.88. The molecule has 0 spiro atoms. The predicted molar refractivity (Wildman–Crippen MR) is 87.4 cm³/mol. The van der Waals surface area contributed by atoms with E-state index in [1.807, 2.05) is 6.07 Å². The van der Waals surface area contributed by atoms with E-state index in [9.17, 15) is 20.5 Å². The number of halogens is 2. The lowest BCUT2D eigenvalue weighted by Gasteiger charge is -2.04. The number of hydrogen-bond donors (Lipinski definition) is 1. The number of nitrogens with zero attached hydrogens (tertiary/aromatic N) is 2. The molecule has 0 saturated carbocycles. The molecule has 0 aromatic heterocycles. The van der Waals surface area contributed by atoms with E-state index in [1.54, 1.807) is 12.1 Å². The normalized spacial score (nSPS) is 11.0. The molecule has 0 bridgehead atoms. The summed E-state index contributed by atoms with van der Waals surface area (Å²) in [4.78, 5) is 10.1. The van der Waals surface area contributed by atoms with Crippen molar-refractivity contribution in [2.45, 2.75) is 0 Å². The third-order valence-electron chi connectivity index (χ3n) is 2.86. The minimum absolute atomic E-state index is 0.0449. The van der Waals surface area contributed by atoms with Gasteiger partial charge in [0.1, 0.15) is 5.75 Å². The highest BCUT2D eigenvalue weighted by Gasteiger charge is 2.09. The van der Waals surface area contributed by atoms with Gasteiger partial charge in [0.15, 0.2) is 0 Å². The fourth-order valence-corrected chi connectivity index (χ4v) is 2.60. The van der Waals surface area contributed by atoms with Gasteiger partial charge in [-0.2, -0.15) is 5.26 Å². The van der Waals surface area contributed by atoms with Gasteiger partial charge in [-0.1, -0.05) is 11.6 Å². The summed E-state index contributed by atoms with van der Waals surface area (Å²) in [5.41, 5.74) is 1.44. The molecule has 0 fully saturated rings. The highest BCUT2D eigenvalue weighted by atomic mass is 79.9. The number of benzene rings is 2. The van der Waals surface area contributed by atoms with Gasteiger partial charge in [-0.3, -0.25) is 10.1 Å². The van der Waals surface area contributed by atoms with Gasteiger partial charge in [0.25, 0.3) is 5.69 Å². The van der Waals surface area contributed by atoms with Gasteiger partial charge in [-0.05, 0) is 57.4 Å². The van der Waals surface area contributed by atoms with Gasteiger partial charge in [-0.25, -0.2) is 0 Å². The summed E-state index contributed by atoms with van der Waals surface area (Å²) in [5, 5.41) is 29.6. The molecule has 22 heavy (non-hydrogen) atoms. The van der Waals surface area contributed by atoms with E-state index in [-0.39, 0.29) is 16.5 Å². The van der Waals surface area contributed by atoms with Crippen molar-refractivity contribution in [3.8, 4) is 11.8 Å². The molecule has 0 amide bonds. The Morgan fingerprint density at radius 2 is 2.00 bits per heavy atom. The van der Waals surface area contributed by atoms with Crippen molar-refractivity contribution < 1.29 is 10.0 Å². The van der Waals surface area contributed by atoms with Gasteiger partial charge < -0.3 is 5.11 Å². The zero-order valence-electron chi connectivity index (χ0n) is 11.0. The van der Waals surface area contributed by atoms with Crippen molar-refractivity contribution in [2.24, 2.45) is 0 Å². The standard InChI is InChI=1S/C15H8BrClN2O3/c16-13-6-9(7-14(17)15(13)20)5-11(8-18)10-1-3-12(4-2-10)19(21)22/h1-7,20H/b11-5-. The second kappa shape index (κ2) is 6.60. The molecule has 0 aliphatic rings. The topological polar surface area (TPSA) is 87.2 Å². The van der Waals surface area contributed by atoms with E-state index >= 15 is 0 Å². The van der Waals surface area contributed by atoms with Crippen LogP contribution in [0.2, 0.25) is 5.02 Å². The summed E-state index contributed by atoms with van der Waals surface area (Å²) in [6.07, 6.45) is 1.58. The lowest BCUT2D eigenvalue weighted by atomic mass is 10.0. The summed E-state index contributed by atoms with van der Waals surface area (Å²) >= 11 is 9.05. The molecule has 0 unspecified atom stereocenters. The molecule has 0 atom stereocenters. The fraction of sp³-hybridized carbons (Fsp3) is 0. The molecule has 0 aliphatic heterocycles. The summed E-state index contributed by atoms with van der Waals surface area (Å²) in [6.45, 7) is 0. The molecule has 1 N–H and O–H groups in total. The molecule has 110 valence electrons. The molecular weight excluding hydrogens is 372 g/mol. The molecule has 0 aliphatic carbocycles. The first-order chi connectivity index (χ1) is 10.4. The maximum absolute atomic E-state index is 10.6. The van der Waals surface area contributed by atoms with Crippen molar-refractivity contribution >= 4 is 44.9 Å². The van der Waals surface area contributed by atoms with Crippen LogP contribution in [-0.2, 0) is 0 Å². The van der Waals surface area contributed by atoms with Crippen LogP contribution in [0, 0.1) is 21.4 Å². The third kappa shape index (κ3) is 3.45. The molecule has 2 aromatic carbocycles. The minimum atomic E-state index is -0.504. The van der Waals surface area contributed by atoms with Crippen molar-refractivity contribution in [1.29, 1.82) is 5.26 Å². The van der Waals surface area contributed by atoms with Crippen LogP contribution in [0.15, 0.2) is 40.9 Å².